The van der Waals surface area contributed by atoms with Crippen molar-refractivity contribution < 1.29 is 13.2 Å². The summed E-state index contributed by atoms with van der Waals surface area (Å²) in [5.41, 5.74) is -1.18. The van der Waals surface area contributed by atoms with E-state index in [-0.39, 0.29) is 0 Å². The van der Waals surface area contributed by atoms with Crippen LogP contribution in [0.5, 0.6) is 0 Å². The molecule has 102 valence electrons. The summed E-state index contributed by atoms with van der Waals surface area (Å²) in [7, 11) is 0. The van der Waals surface area contributed by atoms with Crippen LogP contribution in [0.3, 0.4) is 0 Å². The summed E-state index contributed by atoms with van der Waals surface area (Å²) >= 11 is 0. The zero-order valence-corrected chi connectivity index (χ0v) is 10.3. The van der Waals surface area contributed by atoms with Crippen LogP contribution in [0.15, 0.2) is 23.1 Å². The lowest BCUT2D eigenvalue weighted by Gasteiger charge is -2.10. The first-order chi connectivity index (χ1) is 8.45. The van der Waals surface area contributed by atoms with Crippen LogP contribution in [0.1, 0.15) is 25.3 Å². The molecule has 0 saturated heterocycles. The lowest BCUT2D eigenvalue weighted by atomic mass is 10.2. The SMILES string of the molecule is CCNCCCCn1cc(C(F)(F)F)ccc1=O. The molecule has 0 unspecified atom stereocenters. The van der Waals surface area contributed by atoms with Crippen molar-refractivity contribution in [1.29, 1.82) is 0 Å². The summed E-state index contributed by atoms with van der Waals surface area (Å²) in [6, 6.07) is 1.78. The number of aryl methyl sites for hydroxylation is 1. The van der Waals surface area contributed by atoms with Crippen molar-refractivity contribution in [3.63, 3.8) is 0 Å². The monoisotopic (exact) mass is 262 g/mol. The van der Waals surface area contributed by atoms with Gasteiger partial charge in [0.15, 0.2) is 0 Å². The summed E-state index contributed by atoms with van der Waals surface area (Å²) < 4.78 is 38.5. The maximum absolute atomic E-state index is 12.5. The van der Waals surface area contributed by atoms with Crippen molar-refractivity contribution in [3.05, 3.63) is 34.2 Å². The minimum Gasteiger partial charge on any atom is -0.317 e. The number of hydrogen-bond acceptors (Lipinski definition) is 2. The Hall–Kier alpha value is -1.30. The van der Waals surface area contributed by atoms with Crippen LogP contribution in [0.25, 0.3) is 0 Å². The smallest absolute Gasteiger partial charge is 0.317 e. The van der Waals surface area contributed by atoms with Crippen LogP contribution in [0, 0.1) is 0 Å². The minimum absolute atomic E-state index is 0.314. The average Bonchev–Trinajstić information content (AvgIpc) is 2.29. The number of halogens is 3. The molecule has 0 aliphatic carbocycles. The normalized spacial score (nSPS) is 11.8. The molecule has 1 rings (SSSR count). The Morgan fingerprint density at radius 3 is 2.61 bits per heavy atom. The number of alkyl halides is 3. The van der Waals surface area contributed by atoms with E-state index in [0.29, 0.717) is 13.0 Å². The van der Waals surface area contributed by atoms with E-state index >= 15 is 0 Å². The van der Waals surface area contributed by atoms with Gasteiger partial charge in [0.1, 0.15) is 0 Å². The fourth-order valence-electron chi connectivity index (χ4n) is 1.58. The first-order valence-electron chi connectivity index (χ1n) is 5.93. The van der Waals surface area contributed by atoms with Crippen molar-refractivity contribution in [3.8, 4) is 0 Å². The van der Waals surface area contributed by atoms with E-state index in [1.165, 1.54) is 0 Å². The summed E-state index contributed by atoms with van der Waals surface area (Å²) in [5.74, 6) is 0. The summed E-state index contributed by atoms with van der Waals surface area (Å²) in [5, 5.41) is 3.12. The van der Waals surface area contributed by atoms with E-state index in [2.05, 4.69) is 5.32 Å². The van der Waals surface area contributed by atoms with Gasteiger partial charge in [-0.1, -0.05) is 6.92 Å². The third-order valence-electron chi connectivity index (χ3n) is 2.56. The van der Waals surface area contributed by atoms with Crippen molar-refractivity contribution in [1.82, 2.24) is 9.88 Å². The molecule has 0 bridgehead atoms. The first-order valence-corrected chi connectivity index (χ1v) is 5.93. The Morgan fingerprint density at radius 1 is 1.28 bits per heavy atom. The molecule has 0 amide bonds. The molecule has 0 radical (unpaired) electrons. The zero-order valence-electron chi connectivity index (χ0n) is 10.3. The Labute approximate surface area is 104 Å². The summed E-state index contributed by atoms with van der Waals surface area (Å²) in [6.45, 7) is 3.97. The highest BCUT2D eigenvalue weighted by Crippen LogP contribution is 2.27. The summed E-state index contributed by atoms with van der Waals surface area (Å²) in [4.78, 5) is 11.4. The van der Waals surface area contributed by atoms with Gasteiger partial charge in [0.25, 0.3) is 5.56 Å². The van der Waals surface area contributed by atoms with Gasteiger partial charge in [-0.2, -0.15) is 13.2 Å². The maximum atomic E-state index is 12.5. The van der Waals surface area contributed by atoms with Crippen molar-refractivity contribution >= 4 is 0 Å². The van der Waals surface area contributed by atoms with Gasteiger partial charge >= 0.3 is 6.18 Å². The highest BCUT2D eigenvalue weighted by atomic mass is 19.4. The zero-order chi connectivity index (χ0) is 13.6. The van der Waals surface area contributed by atoms with Crippen LogP contribution in [-0.2, 0) is 12.7 Å². The van der Waals surface area contributed by atoms with Gasteiger partial charge in [0, 0.05) is 18.8 Å². The maximum Gasteiger partial charge on any atom is 0.417 e. The number of nitrogens with zero attached hydrogens (tertiary/aromatic N) is 1. The van der Waals surface area contributed by atoms with Gasteiger partial charge in [-0.15, -0.1) is 0 Å². The molecule has 0 saturated carbocycles. The topological polar surface area (TPSA) is 34.0 Å². The number of nitrogens with one attached hydrogen (secondary N) is 1. The predicted molar refractivity (Wildman–Crippen MR) is 63.5 cm³/mol. The number of rotatable bonds is 6. The molecule has 0 aliphatic rings. The lowest BCUT2D eigenvalue weighted by Crippen LogP contribution is -2.22. The van der Waals surface area contributed by atoms with Crippen LogP contribution < -0.4 is 10.9 Å². The van der Waals surface area contributed by atoms with E-state index in [0.717, 1.165) is 42.4 Å². The molecule has 0 aromatic carbocycles. The minimum atomic E-state index is -4.40. The Balaban J connectivity index is 2.62. The van der Waals surface area contributed by atoms with Crippen molar-refractivity contribution in [2.45, 2.75) is 32.5 Å². The number of aromatic nitrogens is 1. The molecule has 1 aromatic heterocycles. The number of hydrogen-bond donors (Lipinski definition) is 1. The third-order valence-corrected chi connectivity index (χ3v) is 2.56. The summed E-state index contributed by atoms with van der Waals surface area (Å²) in [6.07, 6.45) is -2.01. The van der Waals surface area contributed by atoms with Gasteiger partial charge in [0.2, 0.25) is 0 Å². The van der Waals surface area contributed by atoms with Crippen LogP contribution >= 0.6 is 0 Å². The van der Waals surface area contributed by atoms with Crippen LogP contribution in [0.4, 0.5) is 13.2 Å². The van der Waals surface area contributed by atoms with Gasteiger partial charge < -0.3 is 9.88 Å². The van der Waals surface area contributed by atoms with Crippen LogP contribution in [-0.4, -0.2) is 17.7 Å². The fourth-order valence-corrected chi connectivity index (χ4v) is 1.58. The molecule has 3 nitrogen and oxygen atoms in total. The highest BCUT2D eigenvalue weighted by Gasteiger charge is 2.30. The Bertz CT molecular complexity index is 426. The van der Waals surface area contributed by atoms with Crippen LogP contribution in [0.2, 0.25) is 0 Å². The molecule has 6 heteroatoms. The van der Waals surface area contributed by atoms with Gasteiger partial charge in [-0.05, 0) is 32.0 Å². The van der Waals surface area contributed by atoms with Crippen molar-refractivity contribution in [2.24, 2.45) is 0 Å². The first kappa shape index (κ1) is 14.8. The fraction of sp³-hybridized carbons (Fsp3) is 0.583. The molecule has 0 fully saturated rings. The van der Waals surface area contributed by atoms with E-state index in [1.54, 1.807) is 0 Å². The highest BCUT2D eigenvalue weighted by molar-refractivity contribution is 5.13. The van der Waals surface area contributed by atoms with E-state index < -0.39 is 17.3 Å². The van der Waals surface area contributed by atoms with Crippen molar-refractivity contribution in [2.75, 3.05) is 13.1 Å². The molecule has 0 spiro atoms. The number of pyridine rings is 1. The molecule has 0 atom stereocenters. The average molecular weight is 262 g/mol. The third kappa shape index (κ3) is 4.52. The number of unbranched alkanes of at least 4 members (excludes halogenated alkanes) is 1. The second-order valence-electron chi connectivity index (χ2n) is 4.01. The molecular weight excluding hydrogens is 245 g/mol. The Kier molecular flexibility index (Phi) is 5.40. The molecular formula is C12H17F3N2O. The predicted octanol–water partition coefficient (Wildman–Crippen LogP) is 2.26. The van der Waals surface area contributed by atoms with E-state index in [9.17, 15) is 18.0 Å². The quantitative estimate of drug-likeness (QED) is 0.798. The molecule has 1 heterocycles. The lowest BCUT2D eigenvalue weighted by molar-refractivity contribution is -0.138. The standard InChI is InChI=1S/C12H17F3N2O/c1-2-16-7-3-4-8-17-9-10(12(13,14)15)5-6-11(17)18/h5-6,9,16H,2-4,7-8H2,1H3. The Morgan fingerprint density at radius 2 is 2.00 bits per heavy atom. The molecule has 0 aliphatic heterocycles. The van der Waals surface area contributed by atoms with E-state index in [4.69, 9.17) is 0 Å². The second-order valence-corrected chi connectivity index (χ2v) is 4.01. The molecule has 1 aromatic rings. The second kappa shape index (κ2) is 6.58. The molecule has 18 heavy (non-hydrogen) atoms. The van der Waals surface area contributed by atoms with Gasteiger partial charge in [0.05, 0.1) is 5.56 Å². The molecule has 1 N–H and O–H groups in total. The largest absolute Gasteiger partial charge is 0.417 e. The van der Waals surface area contributed by atoms with Gasteiger partial charge in [-0.3, -0.25) is 4.79 Å². The van der Waals surface area contributed by atoms with E-state index in [1.807, 2.05) is 6.92 Å². The van der Waals surface area contributed by atoms with Gasteiger partial charge in [-0.25, -0.2) is 0 Å².